The quantitative estimate of drug-likeness (QED) is 0.746. The Morgan fingerprint density at radius 1 is 1.07 bits per heavy atom. The van der Waals surface area contributed by atoms with E-state index in [1.807, 2.05) is 6.07 Å². The van der Waals surface area contributed by atoms with Crippen LogP contribution in [0.5, 0.6) is 0 Å². The highest BCUT2D eigenvalue weighted by atomic mass is 19.1. The van der Waals surface area contributed by atoms with E-state index in [9.17, 15) is 18.8 Å². The molecule has 2 aromatic carbocycles. The van der Waals surface area contributed by atoms with E-state index in [2.05, 4.69) is 5.32 Å². The van der Waals surface area contributed by atoms with Gasteiger partial charge in [0.25, 0.3) is 5.91 Å². The van der Waals surface area contributed by atoms with Crippen LogP contribution < -0.4 is 5.32 Å². The van der Waals surface area contributed by atoms with E-state index in [0.29, 0.717) is 22.6 Å². The van der Waals surface area contributed by atoms with Gasteiger partial charge in [-0.05, 0) is 38.1 Å². The summed E-state index contributed by atoms with van der Waals surface area (Å²) in [6.45, 7) is 3.45. The largest absolute Gasteiger partial charge is 0.332 e. The van der Waals surface area contributed by atoms with Crippen LogP contribution in [-0.4, -0.2) is 10.5 Å². The first-order valence-electron chi connectivity index (χ1n) is 8.32. The third-order valence-corrected chi connectivity index (χ3v) is 4.39. The zero-order valence-electron chi connectivity index (χ0n) is 14.8. The molecule has 27 heavy (non-hydrogen) atoms. The van der Waals surface area contributed by atoms with Crippen molar-refractivity contribution in [1.82, 2.24) is 9.88 Å². The molecule has 3 rings (SSSR count). The predicted octanol–water partition coefficient (Wildman–Crippen LogP) is 4.37. The number of aryl methyl sites for hydroxylation is 1. The summed E-state index contributed by atoms with van der Waals surface area (Å²) in [4.78, 5) is 12.7. The maximum Gasteiger partial charge on any atom is 0.254 e. The molecule has 4 nitrogen and oxygen atoms in total. The number of nitrogens with zero attached hydrogens (tertiary/aromatic N) is 2. The number of nitriles is 1. The average molecular weight is 365 g/mol. The number of benzene rings is 2. The molecule has 1 aromatic heterocycles. The van der Waals surface area contributed by atoms with E-state index in [-0.39, 0.29) is 5.56 Å². The van der Waals surface area contributed by atoms with E-state index < -0.39 is 23.6 Å². The Morgan fingerprint density at radius 3 is 2.33 bits per heavy atom. The molecule has 0 saturated heterocycles. The molecular weight excluding hydrogens is 348 g/mol. The fourth-order valence-electron chi connectivity index (χ4n) is 3.09. The first-order chi connectivity index (χ1) is 12.9. The van der Waals surface area contributed by atoms with Gasteiger partial charge in [-0.1, -0.05) is 30.3 Å². The molecule has 0 spiro atoms. The molecule has 0 aliphatic rings. The normalized spacial score (nSPS) is 11.7. The molecule has 6 heteroatoms. The highest BCUT2D eigenvalue weighted by Gasteiger charge is 2.22. The number of aromatic nitrogens is 1. The number of hydrogen-bond acceptors (Lipinski definition) is 2. The van der Waals surface area contributed by atoms with Gasteiger partial charge in [-0.25, -0.2) is 8.78 Å². The van der Waals surface area contributed by atoms with Crippen LogP contribution in [0, 0.1) is 36.8 Å². The van der Waals surface area contributed by atoms with Crippen LogP contribution in [0.25, 0.3) is 5.69 Å². The maximum atomic E-state index is 14.2. The van der Waals surface area contributed by atoms with E-state index in [1.54, 1.807) is 48.7 Å². The van der Waals surface area contributed by atoms with Crippen LogP contribution in [0.4, 0.5) is 8.78 Å². The van der Waals surface area contributed by atoms with E-state index in [0.717, 1.165) is 0 Å². The minimum atomic E-state index is -1.13. The van der Waals surface area contributed by atoms with Crippen molar-refractivity contribution in [2.75, 3.05) is 0 Å². The van der Waals surface area contributed by atoms with Gasteiger partial charge in [0.1, 0.15) is 17.7 Å². The topological polar surface area (TPSA) is 57.8 Å². The van der Waals surface area contributed by atoms with Crippen molar-refractivity contribution in [2.45, 2.75) is 19.9 Å². The van der Waals surface area contributed by atoms with Crippen molar-refractivity contribution < 1.29 is 13.6 Å². The number of carbonyl (C=O) groups excluding carboxylic acids is 1. The highest BCUT2D eigenvalue weighted by molar-refractivity contribution is 5.96. The molecule has 3 aromatic rings. The molecule has 1 unspecified atom stereocenters. The fourth-order valence-corrected chi connectivity index (χ4v) is 3.09. The Balaban J connectivity index is 1.95. The summed E-state index contributed by atoms with van der Waals surface area (Å²) >= 11 is 0. The van der Waals surface area contributed by atoms with Gasteiger partial charge in [-0.3, -0.25) is 4.79 Å². The lowest BCUT2D eigenvalue weighted by Gasteiger charge is -2.13. The molecule has 1 N–H and O–H groups in total. The van der Waals surface area contributed by atoms with Gasteiger partial charge >= 0.3 is 0 Å². The van der Waals surface area contributed by atoms with Crippen LogP contribution in [-0.2, 0) is 0 Å². The number of rotatable bonds is 4. The van der Waals surface area contributed by atoms with Crippen molar-refractivity contribution in [3.05, 3.63) is 88.7 Å². The summed E-state index contributed by atoms with van der Waals surface area (Å²) in [5, 5.41) is 11.9. The minimum absolute atomic E-state index is 0.0938. The van der Waals surface area contributed by atoms with E-state index in [1.165, 1.54) is 24.3 Å². The van der Waals surface area contributed by atoms with Crippen molar-refractivity contribution >= 4 is 5.91 Å². The highest BCUT2D eigenvalue weighted by Crippen LogP contribution is 2.24. The second-order valence-electron chi connectivity index (χ2n) is 6.13. The van der Waals surface area contributed by atoms with Crippen molar-refractivity contribution in [3.8, 4) is 11.8 Å². The third-order valence-electron chi connectivity index (χ3n) is 4.39. The van der Waals surface area contributed by atoms with Gasteiger partial charge in [0.15, 0.2) is 0 Å². The minimum Gasteiger partial charge on any atom is -0.332 e. The number of amides is 1. The first-order valence-corrected chi connectivity index (χ1v) is 8.32. The molecule has 0 radical (unpaired) electrons. The molecule has 0 aliphatic carbocycles. The average Bonchev–Trinajstić information content (AvgIpc) is 2.95. The summed E-state index contributed by atoms with van der Waals surface area (Å²) in [7, 11) is 0. The summed E-state index contributed by atoms with van der Waals surface area (Å²) in [6, 6.07) is 14.4. The Morgan fingerprint density at radius 2 is 1.70 bits per heavy atom. The zero-order chi connectivity index (χ0) is 19.6. The summed E-state index contributed by atoms with van der Waals surface area (Å²) in [5.74, 6) is -1.51. The summed E-state index contributed by atoms with van der Waals surface area (Å²) in [5.41, 5.74) is 1.92. The number of halogens is 2. The zero-order valence-corrected chi connectivity index (χ0v) is 14.8. The van der Waals surface area contributed by atoms with Gasteiger partial charge in [0, 0.05) is 17.0 Å². The van der Waals surface area contributed by atoms with Gasteiger partial charge in [-0.2, -0.15) is 5.26 Å². The van der Waals surface area contributed by atoms with Crippen LogP contribution >= 0.6 is 0 Å². The van der Waals surface area contributed by atoms with Crippen LogP contribution in [0.1, 0.15) is 33.4 Å². The van der Waals surface area contributed by atoms with Gasteiger partial charge in [0.2, 0.25) is 0 Å². The molecule has 1 heterocycles. The lowest BCUT2D eigenvalue weighted by molar-refractivity contribution is 0.0944. The number of carbonyl (C=O) groups is 1. The lowest BCUT2D eigenvalue weighted by Crippen LogP contribution is -2.28. The molecular formula is C21H17F2N3O. The molecule has 0 saturated carbocycles. The standard InChI is InChI=1S/C21H17F2N3O/c1-13-11-16(14(2)26(13)20-10-6-5-9-18(20)23)21(27)25-19(12-24)15-7-3-4-8-17(15)22/h3-11,19H,1-2H3,(H,25,27). The van der Waals surface area contributed by atoms with Crippen molar-refractivity contribution in [3.63, 3.8) is 0 Å². The van der Waals surface area contributed by atoms with Gasteiger partial charge in [0.05, 0.1) is 17.3 Å². The maximum absolute atomic E-state index is 14.2. The van der Waals surface area contributed by atoms with Crippen LogP contribution in [0.15, 0.2) is 54.6 Å². The second-order valence-corrected chi connectivity index (χ2v) is 6.13. The van der Waals surface area contributed by atoms with Crippen molar-refractivity contribution in [2.24, 2.45) is 0 Å². The van der Waals surface area contributed by atoms with E-state index in [4.69, 9.17) is 0 Å². The number of nitrogens with one attached hydrogen (secondary N) is 1. The number of hydrogen-bond donors (Lipinski definition) is 1. The molecule has 0 bridgehead atoms. The van der Waals surface area contributed by atoms with Crippen LogP contribution in [0.2, 0.25) is 0 Å². The molecule has 136 valence electrons. The first kappa shape index (κ1) is 18.3. The third kappa shape index (κ3) is 3.44. The molecule has 1 amide bonds. The Kier molecular flexibility index (Phi) is 5.04. The van der Waals surface area contributed by atoms with Gasteiger partial charge < -0.3 is 9.88 Å². The second kappa shape index (κ2) is 7.42. The molecule has 0 aliphatic heterocycles. The smallest absolute Gasteiger partial charge is 0.254 e. The van der Waals surface area contributed by atoms with Crippen molar-refractivity contribution in [1.29, 1.82) is 5.26 Å². The Labute approximate surface area is 155 Å². The lowest BCUT2D eigenvalue weighted by atomic mass is 10.1. The molecule has 0 fully saturated rings. The molecule has 1 atom stereocenters. The van der Waals surface area contributed by atoms with Gasteiger partial charge in [-0.15, -0.1) is 0 Å². The SMILES string of the molecule is Cc1cc(C(=O)NC(C#N)c2ccccc2F)c(C)n1-c1ccccc1F. The Bertz CT molecular complexity index is 1050. The Hall–Kier alpha value is -3.46. The number of para-hydroxylation sites is 1. The van der Waals surface area contributed by atoms with Crippen LogP contribution in [0.3, 0.4) is 0 Å². The fraction of sp³-hybridized carbons (Fsp3) is 0.143. The summed E-state index contributed by atoms with van der Waals surface area (Å²) < 4.78 is 29.7. The monoisotopic (exact) mass is 365 g/mol. The predicted molar refractivity (Wildman–Crippen MR) is 97.4 cm³/mol. The summed E-state index contributed by atoms with van der Waals surface area (Å²) in [6.07, 6.45) is 0. The van der Waals surface area contributed by atoms with E-state index >= 15 is 0 Å².